The maximum atomic E-state index is 11.6. The van der Waals surface area contributed by atoms with Crippen molar-refractivity contribution in [3.8, 4) is 0 Å². The minimum absolute atomic E-state index is 0.475. The third-order valence-electron chi connectivity index (χ3n) is 3.33. The number of hydrogen-bond acceptors (Lipinski definition) is 8. The van der Waals surface area contributed by atoms with Gasteiger partial charge < -0.3 is 19.7 Å². The molecule has 4 atom stereocenters. The summed E-state index contributed by atoms with van der Waals surface area (Å²) >= 11 is 0. The van der Waals surface area contributed by atoms with Crippen molar-refractivity contribution in [2.45, 2.75) is 50.3 Å². The lowest BCUT2D eigenvalue weighted by Gasteiger charge is -2.20. The minimum atomic E-state index is -1.94. The Morgan fingerprint density at radius 1 is 0.900 bits per heavy atom. The summed E-state index contributed by atoms with van der Waals surface area (Å²) < 4.78 is 9.86. The van der Waals surface area contributed by atoms with Crippen LogP contribution in [0.3, 0.4) is 0 Å². The smallest absolute Gasteiger partial charge is 0.339 e. The summed E-state index contributed by atoms with van der Waals surface area (Å²) in [5.41, 5.74) is 0. The third-order valence-corrected chi connectivity index (χ3v) is 3.33. The molecule has 0 amide bonds. The van der Waals surface area contributed by atoms with Gasteiger partial charge in [0.05, 0.1) is 0 Å². The van der Waals surface area contributed by atoms with E-state index in [1.807, 2.05) is 0 Å². The normalized spacial score (nSPS) is 28.9. The van der Waals surface area contributed by atoms with Crippen molar-refractivity contribution in [2.75, 3.05) is 13.1 Å². The molecule has 114 valence electrons. The van der Waals surface area contributed by atoms with Gasteiger partial charge in [0.1, 0.15) is 0 Å². The number of aliphatic hydroxyl groups is 2. The van der Waals surface area contributed by atoms with Crippen LogP contribution >= 0.6 is 0 Å². The highest BCUT2D eigenvalue weighted by atomic mass is 16.6. The average Bonchev–Trinajstić information content (AvgIpc) is 3.10. The number of rotatable bonds is 5. The first-order valence-electron chi connectivity index (χ1n) is 6.82. The van der Waals surface area contributed by atoms with Crippen molar-refractivity contribution < 1.29 is 29.3 Å². The Bertz CT molecular complexity index is 318. The van der Waals surface area contributed by atoms with Gasteiger partial charge in [-0.25, -0.2) is 9.59 Å². The molecular formula is C12H20N2O6. The van der Waals surface area contributed by atoms with Gasteiger partial charge in [-0.15, -0.1) is 0 Å². The number of carbonyl (C=O) groups is 2. The topological polar surface area (TPSA) is 117 Å². The molecular weight excluding hydrogens is 268 g/mol. The zero-order valence-electron chi connectivity index (χ0n) is 11.1. The number of aliphatic hydroxyl groups excluding tert-OH is 2. The highest BCUT2D eigenvalue weighted by Gasteiger charge is 2.36. The van der Waals surface area contributed by atoms with Gasteiger partial charge in [-0.05, 0) is 38.8 Å². The lowest BCUT2D eigenvalue weighted by molar-refractivity contribution is -0.179. The molecule has 2 saturated heterocycles. The maximum Gasteiger partial charge on any atom is 0.339 e. The van der Waals surface area contributed by atoms with E-state index in [1.54, 1.807) is 0 Å². The van der Waals surface area contributed by atoms with Gasteiger partial charge in [-0.2, -0.15) is 0 Å². The van der Waals surface area contributed by atoms with Crippen molar-refractivity contribution >= 4 is 11.9 Å². The van der Waals surface area contributed by atoms with Crippen LogP contribution in [0.4, 0.5) is 0 Å². The first kappa shape index (κ1) is 15.2. The molecule has 2 fully saturated rings. The van der Waals surface area contributed by atoms with Crippen molar-refractivity contribution in [2.24, 2.45) is 0 Å². The van der Waals surface area contributed by atoms with Crippen LogP contribution in [0.1, 0.15) is 25.7 Å². The summed E-state index contributed by atoms with van der Waals surface area (Å²) in [6, 6.07) is 0. The maximum absolute atomic E-state index is 11.6. The van der Waals surface area contributed by atoms with Crippen LogP contribution in [0.2, 0.25) is 0 Å². The quantitative estimate of drug-likeness (QED) is 0.438. The largest absolute Gasteiger partial charge is 0.445 e. The Morgan fingerprint density at radius 2 is 1.30 bits per heavy atom. The predicted molar refractivity (Wildman–Crippen MR) is 66.2 cm³/mol. The lowest BCUT2D eigenvalue weighted by atomic mass is 10.2. The number of hydrogen-bond donors (Lipinski definition) is 4. The molecule has 20 heavy (non-hydrogen) atoms. The Balaban J connectivity index is 1.78. The predicted octanol–water partition coefficient (Wildman–Crippen LogP) is -1.79. The number of carbonyl (C=O) groups excluding carboxylic acids is 2. The molecule has 2 aliphatic rings. The molecule has 0 aromatic rings. The molecule has 0 aromatic carbocycles. The van der Waals surface area contributed by atoms with Gasteiger partial charge in [0, 0.05) is 0 Å². The third kappa shape index (κ3) is 3.89. The van der Waals surface area contributed by atoms with E-state index < -0.39 is 36.6 Å². The van der Waals surface area contributed by atoms with Crippen molar-refractivity contribution in [3.05, 3.63) is 0 Å². The molecule has 0 aliphatic carbocycles. The number of ether oxygens (including phenoxy) is 2. The van der Waals surface area contributed by atoms with Crippen molar-refractivity contribution in [1.82, 2.24) is 10.6 Å². The fourth-order valence-corrected chi connectivity index (χ4v) is 2.18. The van der Waals surface area contributed by atoms with Gasteiger partial charge in [-0.1, -0.05) is 0 Å². The molecule has 2 aliphatic heterocycles. The molecule has 0 aromatic heterocycles. The Hall–Kier alpha value is -1.22. The number of esters is 2. The molecule has 4 N–H and O–H groups in total. The van der Waals surface area contributed by atoms with E-state index in [1.165, 1.54) is 0 Å². The van der Waals surface area contributed by atoms with Crippen LogP contribution in [0, 0.1) is 0 Å². The Morgan fingerprint density at radius 3 is 1.60 bits per heavy atom. The standard InChI is InChI=1S/C12H20N2O6/c15-9(11(17)19-7-3-1-5-13-7)10(16)12(18)20-8-4-2-6-14-8/h7-10,13-16H,1-6H2. The molecule has 8 nitrogen and oxygen atoms in total. The van der Waals surface area contributed by atoms with Crippen LogP contribution in [0.15, 0.2) is 0 Å². The summed E-state index contributed by atoms with van der Waals surface area (Å²) in [6.07, 6.45) is -1.81. The fraction of sp³-hybridized carbons (Fsp3) is 0.833. The first-order chi connectivity index (χ1) is 9.58. The molecule has 2 rings (SSSR count). The van der Waals surface area contributed by atoms with E-state index in [0.717, 1.165) is 25.9 Å². The van der Waals surface area contributed by atoms with E-state index in [4.69, 9.17) is 9.47 Å². The monoisotopic (exact) mass is 288 g/mol. The van der Waals surface area contributed by atoms with Crippen LogP contribution in [0.5, 0.6) is 0 Å². The molecule has 0 saturated carbocycles. The molecule has 0 radical (unpaired) electrons. The molecule has 2 heterocycles. The first-order valence-corrected chi connectivity index (χ1v) is 6.82. The van der Waals surface area contributed by atoms with Gasteiger partial charge in [-0.3, -0.25) is 10.6 Å². The van der Waals surface area contributed by atoms with E-state index in [0.29, 0.717) is 12.8 Å². The second-order valence-corrected chi connectivity index (χ2v) is 4.93. The van der Waals surface area contributed by atoms with Crippen LogP contribution < -0.4 is 10.6 Å². The second-order valence-electron chi connectivity index (χ2n) is 4.93. The van der Waals surface area contributed by atoms with E-state index >= 15 is 0 Å². The van der Waals surface area contributed by atoms with Crippen molar-refractivity contribution in [1.29, 1.82) is 0 Å². The zero-order valence-corrected chi connectivity index (χ0v) is 11.1. The van der Waals surface area contributed by atoms with Crippen LogP contribution in [-0.4, -0.2) is 59.9 Å². The summed E-state index contributed by atoms with van der Waals surface area (Å²) in [5, 5.41) is 25.0. The van der Waals surface area contributed by atoms with Crippen LogP contribution in [-0.2, 0) is 19.1 Å². The average molecular weight is 288 g/mol. The van der Waals surface area contributed by atoms with Gasteiger partial charge >= 0.3 is 11.9 Å². The second kappa shape index (κ2) is 6.98. The minimum Gasteiger partial charge on any atom is -0.445 e. The number of nitrogens with one attached hydrogen (secondary N) is 2. The van der Waals surface area contributed by atoms with Crippen LogP contribution in [0.25, 0.3) is 0 Å². The van der Waals surface area contributed by atoms with Gasteiger partial charge in [0.25, 0.3) is 0 Å². The highest BCUT2D eigenvalue weighted by molar-refractivity contribution is 5.85. The van der Waals surface area contributed by atoms with Gasteiger partial charge in [0.2, 0.25) is 0 Å². The summed E-state index contributed by atoms with van der Waals surface area (Å²) in [4.78, 5) is 23.2. The molecule has 8 heteroatoms. The van der Waals surface area contributed by atoms with E-state index in [-0.39, 0.29) is 0 Å². The molecule has 0 bridgehead atoms. The lowest BCUT2D eigenvalue weighted by Crippen LogP contribution is -2.45. The highest BCUT2D eigenvalue weighted by Crippen LogP contribution is 2.11. The Kier molecular flexibility index (Phi) is 5.30. The summed E-state index contributed by atoms with van der Waals surface area (Å²) in [7, 11) is 0. The van der Waals surface area contributed by atoms with Crippen molar-refractivity contribution in [3.63, 3.8) is 0 Å². The Labute approximate surface area is 116 Å². The van der Waals surface area contributed by atoms with E-state index in [2.05, 4.69) is 10.6 Å². The zero-order chi connectivity index (χ0) is 14.5. The molecule has 4 unspecified atom stereocenters. The summed E-state index contributed by atoms with van der Waals surface area (Å²) in [5.74, 6) is -2.07. The fourth-order valence-electron chi connectivity index (χ4n) is 2.18. The van der Waals surface area contributed by atoms with E-state index in [9.17, 15) is 19.8 Å². The summed E-state index contributed by atoms with van der Waals surface area (Å²) in [6.45, 7) is 1.46. The van der Waals surface area contributed by atoms with Gasteiger partial charge in [0.15, 0.2) is 24.7 Å². The molecule has 0 spiro atoms. The SMILES string of the molecule is O=C(OC1CCCN1)C(O)C(O)C(=O)OC1CCCN1.